The molecule has 0 atom stereocenters. The van der Waals surface area contributed by atoms with E-state index in [4.69, 9.17) is 0 Å². The number of piperazine rings is 1. The highest BCUT2D eigenvalue weighted by Crippen LogP contribution is 2.24. The summed E-state index contributed by atoms with van der Waals surface area (Å²) in [4.78, 5) is 43.4. The van der Waals surface area contributed by atoms with Crippen molar-refractivity contribution in [3.63, 3.8) is 0 Å². The number of carbonyl (C=O) groups is 3. The van der Waals surface area contributed by atoms with E-state index in [0.29, 0.717) is 39.1 Å². The molecule has 0 bridgehead atoms. The van der Waals surface area contributed by atoms with E-state index in [-0.39, 0.29) is 5.91 Å². The van der Waals surface area contributed by atoms with Crippen molar-refractivity contribution in [3.05, 3.63) is 40.9 Å². The zero-order valence-corrected chi connectivity index (χ0v) is 16.9. The molecule has 7 nitrogen and oxygen atoms in total. The minimum Gasteiger partial charge on any atom is -0.347 e. The van der Waals surface area contributed by atoms with Gasteiger partial charge in [0, 0.05) is 57.0 Å². The van der Waals surface area contributed by atoms with E-state index in [0.717, 1.165) is 16.3 Å². The lowest BCUT2D eigenvalue weighted by Gasteiger charge is -2.33. The van der Waals surface area contributed by atoms with Crippen molar-refractivity contribution in [2.45, 2.75) is 20.3 Å². The van der Waals surface area contributed by atoms with Crippen LogP contribution >= 0.6 is 11.3 Å². The lowest BCUT2D eigenvalue weighted by Crippen LogP contribution is -2.53. The van der Waals surface area contributed by atoms with Crippen LogP contribution in [0.15, 0.2) is 29.6 Å². The summed E-state index contributed by atoms with van der Waals surface area (Å²) in [5.41, 5.74) is 3.17. The number of nitrogens with zero attached hydrogens (tertiary/aromatic N) is 3. The SMILES string of the molecule is CC(=O)N1CCN(C(=O)C(=O)NCCc2csc(-c3ccc(C)cc3)n2)CC1. The number of hydrogen-bond acceptors (Lipinski definition) is 5. The largest absolute Gasteiger partial charge is 0.347 e. The summed E-state index contributed by atoms with van der Waals surface area (Å²) in [7, 11) is 0. The maximum absolute atomic E-state index is 12.2. The first-order chi connectivity index (χ1) is 13.4. The van der Waals surface area contributed by atoms with Crippen LogP contribution in [0.3, 0.4) is 0 Å². The third-order valence-corrected chi connectivity index (χ3v) is 5.66. The Morgan fingerprint density at radius 2 is 1.71 bits per heavy atom. The van der Waals surface area contributed by atoms with Crippen molar-refractivity contribution in [1.82, 2.24) is 20.1 Å². The number of carbonyl (C=O) groups excluding carboxylic acids is 3. The molecular weight excluding hydrogens is 376 g/mol. The van der Waals surface area contributed by atoms with Crippen molar-refractivity contribution in [1.29, 1.82) is 0 Å². The fourth-order valence-electron chi connectivity index (χ4n) is 3.00. The topological polar surface area (TPSA) is 82.6 Å². The molecule has 148 valence electrons. The predicted octanol–water partition coefficient (Wildman–Crippen LogP) is 1.47. The Morgan fingerprint density at radius 1 is 1.07 bits per heavy atom. The molecule has 0 unspecified atom stereocenters. The van der Waals surface area contributed by atoms with Gasteiger partial charge < -0.3 is 15.1 Å². The highest BCUT2D eigenvalue weighted by Gasteiger charge is 2.26. The van der Waals surface area contributed by atoms with Crippen LogP contribution in [0, 0.1) is 6.92 Å². The van der Waals surface area contributed by atoms with E-state index >= 15 is 0 Å². The lowest BCUT2D eigenvalue weighted by atomic mass is 10.2. The summed E-state index contributed by atoms with van der Waals surface area (Å²) in [6, 6.07) is 8.20. The van der Waals surface area contributed by atoms with E-state index in [2.05, 4.69) is 22.4 Å². The molecule has 28 heavy (non-hydrogen) atoms. The molecule has 1 aliphatic rings. The summed E-state index contributed by atoms with van der Waals surface area (Å²) in [6.45, 7) is 5.62. The molecule has 0 radical (unpaired) electrons. The monoisotopic (exact) mass is 400 g/mol. The summed E-state index contributed by atoms with van der Waals surface area (Å²) in [6.07, 6.45) is 0.569. The van der Waals surface area contributed by atoms with Crippen LogP contribution in [0.25, 0.3) is 10.6 Å². The molecule has 1 aromatic carbocycles. The molecule has 1 fully saturated rings. The van der Waals surface area contributed by atoms with Gasteiger partial charge in [-0.15, -0.1) is 11.3 Å². The first-order valence-electron chi connectivity index (χ1n) is 9.28. The van der Waals surface area contributed by atoms with Gasteiger partial charge in [-0.05, 0) is 6.92 Å². The van der Waals surface area contributed by atoms with Crippen LogP contribution < -0.4 is 5.32 Å². The molecule has 0 saturated carbocycles. The number of aromatic nitrogens is 1. The van der Waals surface area contributed by atoms with Gasteiger partial charge >= 0.3 is 11.8 Å². The Hall–Kier alpha value is -2.74. The molecule has 0 spiro atoms. The molecule has 3 rings (SSSR count). The van der Waals surface area contributed by atoms with Crippen molar-refractivity contribution < 1.29 is 14.4 Å². The van der Waals surface area contributed by atoms with E-state index in [9.17, 15) is 14.4 Å². The van der Waals surface area contributed by atoms with Crippen molar-refractivity contribution in [3.8, 4) is 10.6 Å². The van der Waals surface area contributed by atoms with Gasteiger partial charge in [0.15, 0.2) is 0 Å². The second-order valence-corrected chi connectivity index (χ2v) is 7.67. The normalized spacial score (nSPS) is 14.1. The lowest BCUT2D eigenvalue weighted by molar-refractivity contribution is -0.148. The van der Waals surface area contributed by atoms with E-state index in [1.807, 2.05) is 24.4 Å². The molecule has 8 heteroatoms. The van der Waals surface area contributed by atoms with Gasteiger partial charge in [-0.3, -0.25) is 14.4 Å². The highest BCUT2D eigenvalue weighted by atomic mass is 32.1. The van der Waals surface area contributed by atoms with Crippen LogP contribution in [0.2, 0.25) is 0 Å². The molecule has 1 N–H and O–H groups in total. The standard InChI is InChI=1S/C20H24N4O3S/c1-14-3-5-16(6-4-14)19-22-17(13-28-19)7-8-21-18(26)20(27)24-11-9-23(10-12-24)15(2)25/h3-6,13H,7-12H2,1-2H3,(H,21,26). The van der Waals surface area contributed by atoms with Gasteiger partial charge in [0.25, 0.3) is 0 Å². The second kappa shape index (κ2) is 8.97. The average Bonchev–Trinajstić information content (AvgIpc) is 3.17. The minimum absolute atomic E-state index is 0.00943. The third kappa shape index (κ3) is 4.95. The molecule has 0 aliphatic carbocycles. The van der Waals surface area contributed by atoms with Crippen LogP contribution in [-0.4, -0.2) is 65.2 Å². The number of thiazole rings is 1. The number of aryl methyl sites for hydroxylation is 1. The molecule has 1 aromatic heterocycles. The maximum atomic E-state index is 12.2. The molecular formula is C20H24N4O3S. The van der Waals surface area contributed by atoms with Gasteiger partial charge in [0.1, 0.15) is 5.01 Å². The van der Waals surface area contributed by atoms with Crippen LogP contribution in [0.5, 0.6) is 0 Å². The summed E-state index contributed by atoms with van der Waals surface area (Å²) < 4.78 is 0. The first kappa shape index (κ1) is 20.0. The summed E-state index contributed by atoms with van der Waals surface area (Å²) in [5.74, 6) is -1.16. The Balaban J connectivity index is 1.45. The second-order valence-electron chi connectivity index (χ2n) is 6.81. The van der Waals surface area contributed by atoms with E-state index < -0.39 is 11.8 Å². The molecule has 2 heterocycles. The Labute approximate surface area is 168 Å². The number of hydrogen-bond donors (Lipinski definition) is 1. The Bertz CT molecular complexity index is 855. The van der Waals surface area contributed by atoms with Crippen LogP contribution in [0.4, 0.5) is 0 Å². The van der Waals surface area contributed by atoms with Gasteiger partial charge in [-0.2, -0.15) is 0 Å². The summed E-state index contributed by atoms with van der Waals surface area (Å²) in [5, 5.41) is 5.59. The molecule has 3 amide bonds. The number of benzene rings is 1. The quantitative estimate of drug-likeness (QED) is 0.788. The Kier molecular flexibility index (Phi) is 6.41. The molecule has 1 aliphatic heterocycles. The number of rotatable bonds is 4. The maximum Gasteiger partial charge on any atom is 0.312 e. The zero-order chi connectivity index (χ0) is 20.1. The van der Waals surface area contributed by atoms with Crippen LogP contribution in [-0.2, 0) is 20.8 Å². The van der Waals surface area contributed by atoms with Crippen molar-refractivity contribution in [2.75, 3.05) is 32.7 Å². The Morgan fingerprint density at radius 3 is 2.36 bits per heavy atom. The van der Waals surface area contributed by atoms with Crippen molar-refractivity contribution >= 4 is 29.1 Å². The average molecular weight is 401 g/mol. The zero-order valence-electron chi connectivity index (χ0n) is 16.1. The van der Waals surface area contributed by atoms with Crippen LogP contribution in [0.1, 0.15) is 18.2 Å². The summed E-state index contributed by atoms with van der Waals surface area (Å²) >= 11 is 1.57. The predicted molar refractivity (Wildman–Crippen MR) is 108 cm³/mol. The molecule has 1 saturated heterocycles. The van der Waals surface area contributed by atoms with Gasteiger partial charge in [-0.1, -0.05) is 29.8 Å². The van der Waals surface area contributed by atoms with Crippen molar-refractivity contribution in [2.24, 2.45) is 0 Å². The third-order valence-electron chi connectivity index (χ3n) is 4.72. The van der Waals surface area contributed by atoms with E-state index in [1.54, 1.807) is 16.2 Å². The fourth-order valence-corrected chi connectivity index (χ4v) is 3.86. The van der Waals surface area contributed by atoms with E-state index in [1.165, 1.54) is 17.4 Å². The number of nitrogens with one attached hydrogen (secondary N) is 1. The highest BCUT2D eigenvalue weighted by molar-refractivity contribution is 7.13. The fraction of sp³-hybridized carbons (Fsp3) is 0.400. The molecule has 2 aromatic rings. The smallest absolute Gasteiger partial charge is 0.312 e. The minimum atomic E-state index is -0.606. The van der Waals surface area contributed by atoms with Gasteiger partial charge in [0.05, 0.1) is 5.69 Å². The number of amides is 3. The van der Waals surface area contributed by atoms with Gasteiger partial charge in [0.2, 0.25) is 5.91 Å². The van der Waals surface area contributed by atoms with Gasteiger partial charge in [-0.25, -0.2) is 4.98 Å². The first-order valence-corrected chi connectivity index (χ1v) is 10.2.